The lowest BCUT2D eigenvalue weighted by Gasteiger charge is -2.39. The highest BCUT2D eigenvalue weighted by Gasteiger charge is 2.42. The minimum absolute atomic E-state index is 0.0135. The standard InChI is InChI=1S/C27H51NO6Si2/c1-25(2,3)32-24(30)28-20(18-29)15-19-16-21(33-35(11,12)26(4,5)6)23(31-10)22(17-19)34-36(13,14)27(7,8)9/h16-17,20,29H,15,18H2,1-14H3,(H,28,30)/t20-/m0/s1. The van der Waals surface area contributed by atoms with Crippen LogP contribution in [0.3, 0.4) is 0 Å². The number of methoxy groups -OCH3 is 1. The van der Waals surface area contributed by atoms with Crippen molar-refractivity contribution in [1.82, 2.24) is 5.32 Å². The highest BCUT2D eigenvalue weighted by molar-refractivity contribution is 6.75. The van der Waals surface area contributed by atoms with Crippen LogP contribution in [0.4, 0.5) is 4.79 Å². The number of aliphatic hydroxyl groups excluding tert-OH is 1. The second-order valence-electron chi connectivity index (χ2n) is 13.6. The van der Waals surface area contributed by atoms with Crippen molar-refractivity contribution in [2.24, 2.45) is 0 Å². The van der Waals surface area contributed by atoms with Gasteiger partial charge in [-0.25, -0.2) is 4.79 Å². The topological polar surface area (TPSA) is 86.2 Å². The molecule has 7 nitrogen and oxygen atoms in total. The Balaban J connectivity index is 3.53. The van der Waals surface area contributed by atoms with Gasteiger partial charge < -0.3 is 28.7 Å². The minimum Gasteiger partial charge on any atom is -0.541 e. The van der Waals surface area contributed by atoms with Gasteiger partial charge in [-0.05, 0) is 81.2 Å². The largest absolute Gasteiger partial charge is 0.541 e. The predicted octanol–water partition coefficient (Wildman–Crippen LogP) is 6.89. The highest BCUT2D eigenvalue weighted by atomic mass is 28.4. The van der Waals surface area contributed by atoms with Crippen molar-refractivity contribution in [2.75, 3.05) is 13.7 Å². The number of ether oxygens (including phenoxy) is 2. The lowest BCUT2D eigenvalue weighted by Crippen LogP contribution is -2.45. The molecule has 36 heavy (non-hydrogen) atoms. The van der Waals surface area contributed by atoms with E-state index in [2.05, 4.69) is 73.0 Å². The van der Waals surface area contributed by atoms with E-state index in [9.17, 15) is 9.90 Å². The first-order valence-corrected chi connectivity index (χ1v) is 18.5. The quantitative estimate of drug-likeness (QED) is 0.331. The van der Waals surface area contributed by atoms with Gasteiger partial charge in [0.15, 0.2) is 11.5 Å². The maximum Gasteiger partial charge on any atom is 0.407 e. The summed E-state index contributed by atoms with van der Waals surface area (Å²) in [6.07, 6.45) is -0.188. The molecule has 0 radical (unpaired) electrons. The molecule has 0 spiro atoms. The number of carbonyl (C=O) groups excluding carboxylic acids is 1. The van der Waals surface area contributed by atoms with Gasteiger partial charge in [-0.2, -0.15) is 0 Å². The van der Waals surface area contributed by atoms with Crippen LogP contribution in [-0.2, 0) is 11.2 Å². The third kappa shape index (κ3) is 8.99. The Kier molecular flexibility index (Phi) is 10.2. The molecule has 1 aromatic carbocycles. The number of hydrogen-bond donors (Lipinski definition) is 2. The molecule has 208 valence electrons. The van der Waals surface area contributed by atoms with E-state index >= 15 is 0 Å². The van der Waals surface area contributed by atoms with Crippen molar-refractivity contribution in [2.45, 2.75) is 117 Å². The van der Waals surface area contributed by atoms with E-state index in [4.69, 9.17) is 18.3 Å². The smallest absolute Gasteiger partial charge is 0.407 e. The van der Waals surface area contributed by atoms with Gasteiger partial charge in [-0.15, -0.1) is 0 Å². The number of rotatable bonds is 9. The fraction of sp³-hybridized carbons (Fsp3) is 0.741. The molecule has 0 heterocycles. The number of aliphatic hydroxyl groups is 1. The second-order valence-corrected chi connectivity index (χ2v) is 23.0. The Morgan fingerprint density at radius 1 is 0.889 bits per heavy atom. The Hall–Kier alpha value is -1.72. The minimum atomic E-state index is -2.20. The van der Waals surface area contributed by atoms with E-state index in [1.54, 1.807) is 27.9 Å². The van der Waals surface area contributed by atoms with Crippen molar-refractivity contribution in [3.63, 3.8) is 0 Å². The Morgan fingerprint density at radius 2 is 1.31 bits per heavy atom. The zero-order chi connectivity index (χ0) is 28.3. The lowest BCUT2D eigenvalue weighted by molar-refractivity contribution is 0.0483. The molecule has 0 saturated heterocycles. The van der Waals surface area contributed by atoms with Gasteiger partial charge in [0.1, 0.15) is 5.60 Å². The molecule has 1 amide bonds. The molecule has 0 aliphatic heterocycles. The van der Waals surface area contributed by atoms with Gasteiger partial charge in [0.2, 0.25) is 5.75 Å². The highest BCUT2D eigenvalue weighted by Crippen LogP contribution is 2.47. The van der Waals surface area contributed by atoms with Gasteiger partial charge in [0.05, 0.1) is 19.8 Å². The van der Waals surface area contributed by atoms with Crippen LogP contribution in [0.2, 0.25) is 36.3 Å². The van der Waals surface area contributed by atoms with E-state index in [0.29, 0.717) is 23.7 Å². The Labute approximate surface area is 221 Å². The summed E-state index contributed by atoms with van der Waals surface area (Å²) in [6, 6.07) is 3.35. The van der Waals surface area contributed by atoms with E-state index in [1.807, 2.05) is 12.1 Å². The zero-order valence-electron chi connectivity index (χ0n) is 25.1. The summed E-state index contributed by atoms with van der Waals surface area (Å²) in [6.45, 7) is 27.1. The average Bonchev–Trinajstić information content (AvgIpc) is 2.63. The number of carbonyl (C=O) groups is 1. The monoisotopic (exact) mass is 541 g/mol. The molecular weight excluding hydrogens is 490 g/mol. The summed E-state index contributed by atoms with van der Waals surface area (Å²) < 4.78 is 24.6. The molecule has 2 N–H and O–H groups in total. The number of amides is 1. The Morgan fingerprint density at radius 3 is 1.61 bits per heavy atom. The average molecular weight is 542 g/mol. The summed E-state index contributed by atoms with van der Waals surface area (Å²) >= 11 is 0. The maximum absolute atomic E-state index is 12.3. The van der Waals surface area contributed by atoms with Gasteiger partial charge >= 0.3 is 6.09 Å². The van der Waals surface area contributed by atoms with Crippen LogP contribution in [0.25, 0.3) is 0 Å². The lowest BCUT2D eigenvalue weighted by atomic mass is 10.1. The fourth-order valence-electron chi connectivity index (χ4n) is 2.88. The normalized spacial score (nSPS) is 14.2. The number of nitrogens with one attached hydrogen (secondary N) is 1. The van der Waals surface area contributed by atoms with E-state index in [0.717, 1.165) is 5.56 Å². The van der Waals surface area contributed by atoms with E-state index in [-0.39, 0.29) is 16.7 Å². The van der Waals surface area contributed by atoms with Crippen LogP contribution < -0.4 is 18.9 Å². The first kappa shape index (κ1) is 32.3. The van der Waals surface area contributed by atoms with Crippen LogP contribution in [0, 0.1) is 0 Å². The first-order valence-electron chi connectivity index (χ1n) is 12.7. The van der Waals surface area contributed by atoms with Crippen LogP contribution in [0.5, 0.6) is 17.2 Å². The predicted molar refractivity (Wildman–Crippen MR) is 153 cm³/mol. The summed E-state index contributed by atoms with van der Waals surface area (Å²) in [5, 5.41) is 12.8. The van der Waals surface area contributed by atoms with E-state index in [1.165, 1.54) is 0 Å². The van der Waals surface area contributed by atoms with Crippen LogP contribution in [-0.4, -0.2) is 53.2 Å². The summed E-state index contributed by atoms with van der Waals surface area (Å²) in [4.78, 5) is 12.3. The molecule has 0 aliphatic carbocycles. The van der Waals surface area contributed by atoms with Crippen LogP contribution in [0.1, 0.15) is 67.9 Å². The third-order valence-electron chi connectivity index (χ3n) is 7.05. The Bertz CT molecular complexity index is 846. The molecule has 1 rings (SSSR count). The van der Waals surface area contributed by atoms with E-state index < -0.39 is 34.4 Å². The van der Waals surface area contributed by atoms with Gasteiger partial charge in [0.25, 0.3) is 16.6 Å². The van der Waals surface area contributed by atoms with Crippen molar-refractivity contribution < 1.29 is 28.2 Å². The fourth-order valence-corrected chi connectivity index (χ4v) is 4.89. The zero-order valence-corrected chi connectivity index (χ0v) is 27.1. The number of benzene rings is 1. The number of alkyl carbamates (subject to hydrolysis) is 1. The molecule has 1 aromatic rings. The van der Waals surface area contributed by atoms with Crippen molar-refractivity contribution in [3.8, 4) is 17.2 Å². The molecule has 1 atom stereocenters. The van der Waals surface area contributed by atoms with Crippen LogP contribution >= 0.6 is 0 Å². The maximum atomic E-state index is 12.3. The summed E-state index contributed by atoms with van der Waals surface area (Å²) in [7, 11) is -2.77. The summed E-state index contributed by atoms with van der Waals surface area (Å²) in [5.41, 5.74) is 0.242. The van der Waals surface area contributed by atoms with Crippen molar-refractivity contribution >= 4 is 22.7 Å². The molecule has 0 aromatic heterocycles. The SMILES string of the molecule is COc1c(O[Si](C)(C)C(C)(C)C)cc(C[C@@H](CO)NC(=O)OC(C)(C)C)cc1O[Si](C)(C)C(C)(C)C. The molecule has 0 unspecified atom stereocenters. The van der Waals surface area contributed by atoms with Crippen molar-refractivity contribution in [3.05, 3.63) is 17.7 Å². The van der Waals surface area contributed by atoms with Crippen LogP contribution in [0.15, 0.2) is 12.1 Å². The van der Waals surface area contributed by atoms with Gasteiger partial charge in [-0.1, -0.05) is 41.5 Å². The van der Waals surface area contributed by atoms with Crippen molar-refractivity contribution in [1.29, 1.82) is 0 Å². The third-order valence-corrected chi connectivity index (χ3v) is 15.7. The molecule has 0 aliphatic rings. The molecular formula is C27H51NO6Si2. The van der Waals surface area contributed by atoms with Gasteiger partial charge in [-0.3, -0.25) is 0 Å². The summed E-state index contributed by atoms with van der Waals surface area (Å²) in [5.74, 6) is 1.84. The molecule has 0 saturated carbocycles. The van der Waals surface area contributed by atoms with Gasteiger partial charge in [0, 0.05) is 0 Å². The molecule has 0 fully saturated rings. The first-order chi connectivity index (χ1) is 16.0. The number of hydrogen-bond acceptors (Lipinski definition) is 6. The molecule has 9 heteroatoms. The molecule has 0 bridgehead atoms. The second kappa shape index (κ2) is 11.4.